The Balaban J connectivity index is 1.78. The van der Waals surface area contributed by atoms with Crippen molar-refractivity contribution in [2.75, 3.05) is 11.9 Å². The number of anilines is 1. The number of hydrogen-bond donors (Lipinski definition) is 1. The molecule has 0 spiro atoms. The van der Waals surface area contributed by atoms with Crippen molar-refractivity contribution in [2.45, 2.75) is 19.8 Å². The third-order valence-corrected chi connectivity index (χ3v) is 4.20. The van der Waals surface area contributed by atoms with Crippen LogP contribution in [0.3, 0.4) is 0 Å². The maximum atomic E-state index is 14.2. The van der Waals surface area contributed by atoms with Crippen LogP contribution in [0.1, 0.15) is 27.9 Å². The molecule has 7 nitrogen and oxygen atoms in total. The summed E-state index contributed by atoms with van der Waals surface area (Å²) in [5.74, 6) is -1.35. The summed E-state index contributed by atoms with van der Waals surface area (Å²) in [6, 6.07) is 6.83. The number of rotatable bonds is 5. The summed E-state index contributed by atoms with van der Waals surface area (Å²) in [5, 5.41) is 13.5. The first kappa shape index (κ1) is 17.5. The number of halogens is 1. The van der Waals surface area contributed by atoms with Crippen LogP contribution in [0.2, 0.25) is 0 Å². The third kappa shape index (κ3) is 3.39. The molecule has 0 radical (unpaired) electrons. The molecule has 8 heteroatoms. The molecule has 1 aliphatic rings. The largest absolute Gasteiger partial charge is 0.485 e. The Labute approximate surface area is 147 Å². The second-order valence-electron chi connectivity index (χ2n) is 5.91. The monoisotopic (exact) mass is 358 g/mol. The number of benzene rings is 2. The van der Waals surface area contributed by atoms with E-state index in [4.69, 9.17) is 4.74 Å². The maximum absolute atomic E-state index is 14.2. The molecular weight excluding hydrogens is 343 g/mol. The Hall–Kier alpha value is -3.29. The molecular formula is C18H15FN2O5. The Morgan fingerprint density at radius 2 is 2.12 bits per heavy atom. The topological polar surface area (TPSA) is 98.5 Å². The van der Waals surface area contributed by atoms with Crippen molar-refractivity contribution in [1.82, 2.24) is 0 Å². The fourth-order valence-electron chi connectivity index (χ4n) is 2.79. The number of ketones is 1. The summed E-state index contributed by atoms with van der Waals surface area (Å²) in [6.45, 7) is 1.06. The van der Waals surface area contributed by atoms with Crippen LogP contribution in [-0.2, 0) is 11.2 Å². The molecule has 0 aromatic heterocycles. The number of nitro benzene ring substituents is 1. The number of ether oxygens (including phenoxy) is 1. The van der Waals surface area contributed by atoms with E-state index in [1.54, 1.807) is 0 Å². The predicted octanol–water partition coefficient (Wildman–Crippen LogP) is 3.19. The molecule has 0 aliphatic carbocycles. The summed E-state index contributed by atoms with van der Waals surface area (Å²) in [6.07, 6.45) is 0.697. The highest BCUT2D eigenvalue weighted by Crippen LogP contribution is 2.28. The maximum Gasteiger partial charge on any atom is 0.276 e. The van der Waals surface area contributed by atoms with Crippen LogP contribution in [0.5, 0.6) is 5.75 Å². The number of nitrogens with zero attached hydrogens (tertiary/aromatic N) is 1. The van der Waals surface area contributed by atoms with Crippen LogP contribution in [0, 0.1) is 22.9 Å². The lowest BCUT2D eigenvalue weighted by Crippen LogP contribution is -2.21. The van der Waals surface area contributed by atoms with Crippen LogP contribution < -0.4 is 10.1 Å². The molecule has 0 saturated heterocycles. The Morgan fingerprint density at radius 1 is 1.35 bits per heavy atom. The minimum absolute atomic E-state index is 0.120. The Bertz CT molecular complexity index is 926. The van der Waals surface area contributed by atoms with E-state index in [1.165, 1.54) is 31.2 Å². The van der Waals surface area contributed by atoms with E-state index < -0.39 is 23.1 Å². The standard InChI is InChI=1S/C18H15FN2O5/c1-10-15(21(24)25)3-2-4-17(10)26-9-16(22)12-7-11-5-6-18(23)20-14(11)8-13(12)19/h2-4,7-8H,5-6,9H2,1H3,(H,20,23). The first-order chi connectivity index (χ1) is 12.4. The third-order valence-electron chi connectivity index (χ3n) is 4.20. The van der Waals surface area contributed by atoms with E-state index >= 15 is 0 Å². The molecule has 0 fully saturated rings. The molecule has 0 saturated carbocycles. The van der Waals surface area contributed by atoms with E-state index in [9.17, 15) is 24.1 Å². The smallest absolute Gasteiger partial charge is 0.276 e. The zero-order chi connectivity index (χ0) is 18.8. The predicted molar refractivity (Wildman–Crippen MR) is 91.0 cm³/mol. The number of amides is 1. The summed E-state index contributed by atoms with van der Waals surface area (Å²) in [7, 11) is 0. The first-order valence-corrected chi connectivity index (χ1v) is 7.89. The Kier molecular flexibility index (Phi) is 4.66. The number of nitrogens with one attached hydrogen (secondary N) is 1. The van der Waals surface area contributed by atoms with Gasteiger partial charge in [0.25, 0.3) is 5.69 Å². The minimum atomic E-state index is -0.754. The van der Waals surface area contributed by atoms with Crippen LogP contribution in [0.4, 0.5) is 15.8 Å². The number of nitro groups is 1. The van der Waals surface area contributed by atoms with Crippen molar-refractivity contribution >= 4 is 23.1 Å². The second kappa shape index (κ2) is 6.91. The summed E-state index contributed by atoms with van der Waals surface area (Å²) >= 11 is 0. The van der Waals surface area contributed by atoms with Gasteiger partial charge in [-0.3, -0.25) is 19.7 Å². The summed E-state index contributed by atoms with van der Waals surface area (Å²) in [4.78, 5) is 34.1. The fourth-order valence-corrected chi connectivity index (χ4v) is 2.79. The summed E-state index contributed by atoms with van der Waals surface area (Å²) in [5.41, 5.74) is 1.08. The molecule has 1 aliphatic heterocycles. The van der Waals surface area contributed by atoms with Gasteiger partial charge in [-0.05, 0) is 37.1 Å². The molecule has 3 rings (SSSR count). The van der Waals surface area contributed by atoms with Crippen molar-refractivity contribution in [1.29, 1.82) is 0 Å². The minimum Gasteiger partial charge on any atom is -0.485 e. The van der Waals surface area contributed by atoms with Crippen molar-refractivity contribution in [3.63, 3.8) is 0 Å². The molecule has 1 amide bonds. The van der Waals surface area contributed by atoms with E-state index in [-0.39, 0.29) is 29.3 Å². The molecule has 0 unspecified atom stereocenters. The molecule has 2 aromatic carbocycles. The van der Waals surface area contributed by atoms with E-state index in [0.29, 0.717) is 23.2 Å². The highest BCUT2D eigenvalue weighted by molar-refractivity contribution is 6.00. The van der Waals surface area contributed by atoms with Gasteiger partial charge in [0.15, 0.2) is 6.61 Å². The van der Waals surface area contributed by atoms with E-state index in [0.717, 1.165) is 6.07 Å². The van der Waals surface area contributed by atoms with Crippen molar-refractivity contribution in [3.05, 3.63) is 63.0 Å². The molecule has 26 heavy (non-hydrogen) atoms. The van der Waals surface area contributed by atoms with E-state index in [1.807, 2.05) is 0 Å². The molecule has 1 heterocycles. The lowest BCUT2D eigenvalue weighted by Gasteiger charge is -2.18. The van der Waals surface area contributed by atoms with Gasteiger partial charge in [0.05, 0.1) is 16.1 Å². The van der Waals surface area contributed by atoms with Gasteiger partial charge >= 0.3 is 0 Å². The van der Waals surface area contributed by atoms with Crippen molar-refractivity contribution in [3.8, 4) is 5.75 Å². The second-order valence-corrected chi connectivity index (χ2v) is 5.91. The number of Topliss-reactive ketones (excluding diaryl/α,β-unsaturated/α-hetero) is 1. The van der Waals surface area contributed by atoms with Gasteiger partial charge in [-0.2, -0.15) is 0 Å². The van der Waals surface area contributed by atoms with Gasteiger partial charge in [0, 0.05) is 18.2 Å². The van der Waals surface area contributed by atoms with Crippen LogP contribution in [-0.4, -0.2) is 23.2 Å². The van der Waals surface area contributed by atoms with Gasteiger partial charge in [-0.15, -0.1) is 0 Å². The number of hydrogen-bond acceptors (Lipinski definition) is 5. The van der Waals surface area contributed by atoms with Gasteiger partial charge in [0.1, 0.15) is 11.6 Å². The number of carbonyl (C=O) groups is 2. The fraction of sp³-hybridized carbons (Fsp3) is 0.222. The molecule has 1 N–H and O–H groups in total. The quantitative estimate of drug-likeness (QED) is 0.503. The lowest BCUT2D eigenvalue weighted by molar-refractivity contribution is -0.385. The van der Waals surface area contributed by atoms with Gasteiger partial charge < -0.3 is 10.1 Å². The average Bonchev–Trinajstić information content (AvgIpc) is 2.59. The number of aryl methyl sites for hydroxylation is 1. The SMILES string of the molecule is Cc1c(OCC(=O)c2cc3c(cc2F)NC(=O)CC3)cccc1[N+](=O)[O-]. The van der Waals surface area contributed by atoms with Crippen LogP contribution in [0.15, 0.2) is 30.3 Å². The highest BCUT2D eigenvalue weighted by Gasteiger charge is 2.21. The van der Waals surface area contributed by atoms with E-state index in [2.05, 4.69) is 5.32 Å². The number of carbonyl (C=O) groups excluding carboxylic acids is 2. The normalized spacial score (nSPS) is 12.9. The lowest BCUT2D eigenvalue weighted by atomic mass is 9.98. The van der Waals surface area contributed by atoms with Gasteiger partial charge in [-0.1, -0.05) is 6.07 Å². The zero-order valence-corrected chi connectivity index (χ0v) is 13.9. The molecule has 0 atom stereocenters. The van der Waals surface area contributed by atoms with Crippen LogP contribution >= 0.6 is 0 Å². The van der Waals surface area contributed by atoms with Crippen molar-refractivity contribution in [2.24, 2.45) is 0 Å². The Morgan fingerprint density at radius 3 is 2.85 bits per heavy atom. The van der Waals surface area contributed by atoms with Gasteiger partial charge in [0.2, 0.25) is 11.7 Å². The highest BCUT2D eigenvalue weighted by atomic mass is 19.1. The molecule has 0 bridgehead atoms. The summed E-state index contributed by atoms with van der Waals surface area (Å²) < 4.78 is 19.6. The average molecular weight is 358 g/mol. The zero-order valence-electron chi connectivity index (χ0n) is 13.9. The number of fused-ring (bicyclic) bond motifs is 1. The van der Waals surface area contributed by atoms with Gasteiger partial charge in [-0.25, -0.2) is 4.39 Å². The molecule has 134 valence electrons. The van der Waals surface area contributed by atoms with Crippen molar-refractivity contribution < 1.29 is 23.6 Å². The molecule has 2 aromatic rings. The first-order valence-electron chi connectivity index (χ1n) is 7.89. The van der Waals surface area contributed by atoms with Crippen LogP contribution in [0.25, 0.3) is 0 Å².